The molecule has 39 heavy (non-hydrogen) atoms. The molecular weight excluding hydrogens is 520 g/mol. The van der Waals surface area contributed by atoms with Gasteiger partial charge in [0.1, 0.15) is 0 Å². The molecule has 3 N–H and O–H groups in total. The number of carbonyl (C=O) groups excluding carboxylic acids is 7. The van der Waals surface area contributed by atoms with Gasteiger partial charge < -0.3 is 25.6 Å². The number of nitrogens with zero attached hydrogens (tertiary/aromatic N) is 5. The molecule has 0 radical (unpaired) electrons. The van der Waals surface area contributed by atoms with Crippen molar-refractivity contribution in [3.63, 3.8) is 0 Å². The molecule has 1 aromatic rings. The zero-order valence-electron chi connectivity index (χ0n) is 20.5. The van der Waals surface area contributed by atoms with E-state index in [1.807, 2.05) is 0 Å². The first-order valence-electron chi connectivity index (χ1n) is 11.7. The highest BCUT2D eigenvalue weighted by Gasteiger charge is 2.33. The van der Waals surface area contributed by atoms with Crippen LogP contribution >= 0.6 is 0 Å². The van der Waals surface area contributed by atoms with Gasteiger partial charge in [0.05, 0.1) is 0 Å². The van der Waals surface area contributed by atoms with E-state index in [4.69, 9.17) is 15.2 Å². The molecule has 2 aliphatic heterocycles. The molecule has 2 fully saturated rings. The molecule has 3 rings (SSSR count). The van der Waals surface area contributed by atoms with Crippen LogP contribution in [0.25, 0.3) is 10.4 Å². The number of imide groups is 2. The van der Waals surface area contributed by atoms with Crippen LogP contribution in [-0.2, 0) is 41.9 Å². The monoisotopic (exact) mass is 544 g/mol. The number of hydroxylamine groups is 4. The molecule has 7 amide bonds. The summed E-state index contributed by atoms with van der Waals surface area (Å²) >= 11 is 0. The van der Waals surface area contributed by atoms with Crippen molar-refractivity contribution in [1.82, 2.24) is 26.1 Å². The lowest BCUT2D eigenvalue weighted by Crippen LogP contribution is -2.37. The Morgan fingerprint density at radius 2 is 1.26 bits per heavy atom. The average Bonchev–Trinajstić information content (AvgIpc) is 3.40. The normalized spacial score (nSPS) is 14.7. The Bertz CT molecular complexity index is 1140. The predicted molar refractivity (Wildman–Crippen MR) is 126 cm³/mol. The standard InChI is InChI=1S/C22H24N8O9/c23-28-27-7-1-6-24-20(35)15-9-13(11-25-21(36)38-29-16(31)2-3-17(29)32)8-14(10-15)12-26-22(37)39-30-18(33)4-5-19(30)34/h8-10H,1-7,11-12H2,(H,24,35)(H,25,36)(H,26,37). The molecule has 17 heteroatoms. The molecular formula is C22H24N8O9. The van der Waals surface area contributed by atoms with Gasteiger partial charge in [-0.1, -0.05) is 11.2 Å². The zero-order chi connectivity index (χ0) is 28.4. The summed E-state index contributed by atoms with van der Waals surface area (Å²) in [5, 5.41) is 11.5. The van der Waals surface area contributed by atoms with Gasteiger partial charge in [0, 0.05) is 62.3 Å². The smallest absolute Gasteiger partial charge is 0.352 e. The van der Waals surface area contributed by atoms with Crippen molar-refractivity contribution in [1.29, 1.82) is 0 Å². The predicted octanol–water partition coefficient (Wildman–Crippen LogP) is 0.697. The lowest BCUT2D eigenvalue weighted by Gasteiger charge is -2.15. The fourth-order valence-corrected chi connectivity index (χ4v) is 3.49. The van der Waals surface area contributed by atoms with Crippen LogP contribution in [0.2, 0.25) is 0 Å². The molecule has 2 saturated heterocycles. The second-order valence-corrected chi connectivity index (χ2v) is 8.23. The summed E-state index contributed by atoms with van der Waals surface area (Å²) in [7, 11) is 0. The molecule has 0 bridgehead atoms. The molecule has 206 valence electrons. The van der Waals surface area contributed by atoms with Gasteiger partial charge in [-0.15, -0.1) is 10.1 Å². The van der Waals surface area contributed by atoms with Gasteiger partial charge in [-0.05, 0) is 35.2 Å². The molecule has 0 unspecified atom stereocenters. The fraction of sp³-hybridized carbons (Fsp3) is 0.409. The zero-order valence-corrected chi connectivity index (χ0v) is 20.5. The van der Waals surface area contributed by atoms with Crippen LogP contribution < -0.4 is 16.0 Å². The van der Waals surface area contributed by atoms with Crippen LogP contribution in [0, 0.1) is 0 Å². The van der Waals surface area contributed by atoms with Crippen molar-refractivity contribution in [2.24, 2.45) is 5.11 Å². The van der Waals surface area contributed by atoms with Crippen LogP contribution in [0.4, 0.5) is 9.59 Å². The van der Waals surface area contributed by atoms with Gasteiger partial charge in [-0.25, -0.2) is 9.59 Å². The van der Waals surface area contributed by atoms with E-state index in [1.54, 1.807) is 0 Å². The Morgan fingerprint density at radius 1 is 0.795 bits per heavy atom. The van der Waals surface area contributed by atoms with Crippen LogP contribution in [0.3, 0.4) is 0 Å². The van der Waals surface area contributed by atoms with Crippen molar-refractivity contribution >= 4 is 41.7 Å². The highest BCUT2D eigenvalue weighted by atomic mass is 16.7. The quantitative estimate of drug-likeness (QED) is 0.117. The maximum Gasteiger partial charge on any atom is 0.432 e. The topological polar surface area (TPSA) is 229 Å². The third-order valence-electron chi connectivity index (χ3n) is 5.33. The second-order valence-electron chi connectivity index (χ2n) is 8.23. The van der Waals surface area contributed by atoms with Gasteiger partial charge in [0.15, 0.2) is 0 Å². The fourth-order valence-electron chi connectivity index (χ4n) is 3.49. The van der Waals surface area contributed by atoms with Crippen LogP contribution in [0.5, 0.6) is 0 Å². The molecule has 2 heterocycles. The van der Waals surface area contributed by atoms with E-state index < -0.39 is 41.7 Å². The van der Waals surface area contributed by atoms with Crippen LogP contribution in [0.1, 0.15) is 53.6 Å². The van der Waals surface area contributed by atoms with Crippen molar-refractivity contribution in [2.45, 2.75) is 45.2 Å². The molecule has 1 aromatic carbocycles. The van der Waals surface area contributed by atoms with E-state index in [9.17, 15) is 33.6 Å². The summed E-state index contributed by atoms with van der Waals surface area (Å²) in [6.07, 6.45) is -2.01. The third kappa shape index (κ3) is 8.16. The van der Waals surface area contributed by atoms with E-state index in [2.05, 4.69) is 26.0 Å². The van der Waals surface area contributed by atoms with Gasteiger partial charge >= 0.3 is 12.2 Å². The number of amides is 7. The Hall–Kier alpha value is -5.18. The van der Waals surface area contributed by atoms with Gasteiger partial charge in [0.2, 0.25) is 0 Å². The van der Waals surface area contributed by atoms with Gasteiger partial charge in [0.25, 0.3) is 29.5 Å². The summed E-state index contributed by atoms with van der Waals surface area (Å²) in [4.78, 5) is 95.5. The summed E-state index contributed by atoms with van der Waals surface area (Å²) in [6.45, 7) is 0.0368. The largest absolute Gasteiger partial charge is 0.432 e. The van der Waals surface area contributed by atoms with Crippen LogP contribution in [0.15, 0.2) is 23.3 Å². The Labute approximate surface area is 220 Å². The van der Waals surface area contributed by atoms with Crippen molar-refractivity contribution in [3.05, 3.63) is 45.3 Å². The number of hydrogen-bond donors (Lipinski definition) is 3. The molecule has 0 aliphatic carbocycles. The summed E-state index contributed by atoms with van der Waals surface area (Å²) in [5.41, 5.74) is 9.27. The second kappa shape index (κ2) is 13.4. The van der Waals surface area contributed by atoms with E-state index >= 15 is 0 Å². The molecule has 2 aliphatic rings. The molecule has 0 atom stereocenters. The molecule has 0 saturated carbocycles. The summed E-state index contributed by atoms with van der Waals surface area (Å²) < 4.78 is 0. The van der Waals surface area contributed by atoms with Gasteiger partial charge in [-0.2, -0.15) is 0 Å². The third-order valence-corrected chi connectivity index (χ3v) is 5.33. The summed E-state index contributed by atoms with van der Waals surface area (Å²) in [6, 6.07) is 4.45. The highest BCUT2D eigenvalue weighted by Crippen LogP contribution is 2.15. The van der Waals surface area contributed by atoms with E-state index in [-0.39, 0.29) is 57.4 Å². The van der Waals surface area contributed by atoms with E-state index in [1.165, 1.54) is 18.2 Å². The molecule has 0 spiro atoms. The number of hydrogen-bond acceptors (Lipinski definition) is 10. The minimum atomic E-state index is -1.07. The van der Waals surface area contributed by atoms with Crippen LogP contribution in [-0.4, -0.2) is 64.9 Å². The maximum absolute atomic E-state index is 12.7. The number of rotatable bonds is 11. The van der Waals surface area contributed by atoms with E-state index in [0.717, 1.165) is 0 Å². The minimum absolute atomic E-state index is 0.0645. The molecule has 17 nitrogen and oxygen atoms in total. The van der Waals surface area contributed by atoms with E-state index in [0.29, 0.717) is 27.7 Å². The van der Waals surface area contributed by atoms with Crippen molar-refractivity contribution in [3.8, 4) is 0 Å². The maximum atomic E-state index is 12.7. The first-order chi connectivity index (χ1) is 18.7. The first-order valence-corrected chi connectivity index (χ1v) is 11.7. The number of benzene rings is 1. The lowest BCUT2D eigenvalue weighted by atomic mass is 10.0. The number of carbonyl (C=O) groups is 7. The Kier molecular flexibility index (Phi) is 9.75. The van der Waals surface area contributed by atoms with Gasteiger partial charge in [-0.3, -0.25) is 24.0 Å². The van der Waals surface area contributed by atoms with Crippen molar-refractivity contribution < 1.29 is 43.2 Å². The first kappa shape index (κ1) is 28.4. The Morgan fingerprint density at radius 3 is 1.69 bits per heavy atom. The Balaban J connectivity index is 1.65. The SMILES string of the molecule is [N-]=[N+]=NCCCNC(=O)c1cc(CNC(=O)ON2C(=O)CCC2=O)cc(CNC(=O)ON2C(=O)CCC2=O)c1. The number of nitrogens with one attached hydrogen (secondary N) is 3. The summed E-state index contributed by atoms with van der Waals surface area (Å²) in [5.74, 6) is -3.08. The minimum Gasteiger partial charge on any atom is -0.352 e. The van der Waals surface area contributed by atoms with Crippen molar-refractivity contribution in [2.75, 3.05) is 13.1 Å². The lowest BCUT2D eigenvalue weighted by molar-refractivity contribution is -0.172. The average molecular weight is 544 g/mol. The number of azide groups is 1. The molecule has 0 aromatic heterocycles. The highest BCUT2D eigenvalue weighted by molar-refractivity contribution is 6.02.